The lowest BCUT2D eigenvalue weighted by Crippen LogP contribution is -2.44. The normalized spacial score (nSPS) is 27.1. The second-order valence-electron chi connectivity index (χ2n) is 8.07. The summed E-state index contributed by atoms with van der Waals surface area (Å²) in [5.74, 6) is 2.19. The Bertz CT molecular complexity index is 731. The van der Waals surface area contributed by atoms with Gasteiger partial charge in [-0.05, 0) is 30.9 Å². The minimum Gasteiger partial charge on any atom is -0.389 e. The van der Waals surface area contributed by atoms with Crippen LogP contribution in [0.15, 0.2) is 35.9 Å². The summed E-state index contributed by atoms with van der Waals surface area (Å²) >= 11 is 1.98. The maximum absolute atomic E-state index is 14.6. The fourth-order valence-corrected chi connectivity index (χ4v) is 5.14. The molecule has 3 fully saturated rings. The minimum absolute atomic E-state index is 0.0646. The molecule has 0 amide bonds. The molecular weight excluding hydrogens is 375 g/mol. The van der Waals surface area contributed by atoms with Crippen LogP contribution in [-0.2, 0) is 4.79 Å². The third kappa shape index (κ3) is 4.67. The smallest absolute Gasteiger partial charge is 0.157 e. The van der Waals surface area contributed by atoms with Crippen LogP contribution in [0.4, 0.5) is 4.39 Å². The predicted octanol–water partition coefficient (Wildman–Crippen LogP) is 2.89. The Morgan fingerprint density at radius 1 is 1.21 bits per heavy atom. The second kappa shape index (κ2) is 9.08. The number of hydrogen-bond acceptors (Lipinski definition) is 5. The van der Waals surface area contributed by atoms with Gasteiger partial charge in [0.05, 0.1) is 12.1 Å². The number of benzene rings is 1. The Morgan fingerprint density at radius 2 is 1.96 bits per heavy atom. The number of ketones is 1. The zero-order valence-electron chi connectivity index (χ0n) is 16.2. The quantitative estimate of drug-likeness (QED) is 0.739. The molecule has 1 aliphatic carbocycles. The summed E-state index contributed by atoms with van der Waals surface area (Å²) in [5.41, 5.74) is 1.44. The molecule has 0 bridgehead atoms. The molecule has 28 heavy (non-hydrogen) atoms. The van der Waals surface area contributed by atoms with E-state index in [-0.39, 0.29) is 17.5 Å². The van der Waals surface area contributed by atoms with Crippen molar-refractivity contribution in [2.24, 2.45) is 5.92 Å². The van der Waals surface area contributed by atoms with Crippen molar-refractivity contribution in [2.45, 2.75) is 31.4 Å². The molecule has 1 saturated carbocycles. The van der Waals surface area contributed by atoms with Crippen LogP contribution in [-0.4, -0.2) is 71.0 Å². The number of halogens is 1. The first kappa shape index (κ1) is 20.1. The van der Waals surface area contributed by atoms with E-state index in [1.54, 1.807) is 18.2 Å². The van der Waals surface area contributed by atoms with E-state index in [0.29, 0.717) is 25.1 Å². The molecule has 4 nitrogen and oxygen atoms in total. The lowest BCUT2D eigenvalue weighted by molar-refractivity contribution is -0.126. The van der Waals surface area contributed by atoms with Crippen molar-refractivity contribution >= 4 is 17.5 Å². The molecule has 2 saturated heterocycles. The molecule has 2 unspecified atom stereocenters. The molecule has 2 aliphatic heterocycles. The monoisotopic (exact) mass is 404 g/mol. The molecule has 1 aromatic rings. The largest absolute Gasteiger partial charge is 0.389 e. The molecule has 0 aromatic heterocycles. The Labute approximate surface area is 170 Å². The molecule has 152 valence electrons. The van der Waals surface area contributed by atoms with Gasteiger partial charge in [-0.25, -0.2) is 4.39 Å². The van der Waals surface area contributed by atoms with Gasteiger partial charge in [0, 0.05) is 55.7 Å². The number of carbonyl (C=O) groups is 1. The van der Waals surface area contributed by atoms with Crippen LogP contribution in [0.1, 0.15) is 30.9 Å². The summed E-state index contributed by atoms with van der Waals surface area (Å²) in [6.45, 7) is 4.12. The van der Waals surface area contributed by atoms with Gasteiger partial charge in [-0.2, -0.15) is 11.8 Å². The molecule has 6 heteroatoms. The van der Waals surface area contributed by atoms with Crippen molar-refractivity contribution in [2.75, 3.05) is 44.2 Å². The summed E-state index contributed by atoms with van der Waals surface area (Å²) in [6.07, 6.45) is 4.08. The standard InChI is InChI=1S/C22H29FN2O2S/c23-19-4-2-1-3-18(19)21(22(27)16-5-6-16)25-10-8-20(26)17(15-25)7-9-24-11-13-28-14-12-24/h1-4,7,16,20-21,26H,5-6,8-15H2/b17-7+. The molecule has 3 aliphatic rings. The summed E-state index contributed by atoms with van der Waals surface area (Å²) < 4.78 is 14.6. The van der Waals surface area contributed by atoms with Crippen molar-refractivity contribution in [3.63, 3.8) is 0 Å². The first-order valence-electron chi connectivity index (χ1n) is 10.3. The number of piperidine rings is 1. The number of aliphatic hydroxyl groups excluding tert-OH is 1. The lowest BCUT2D eigenvalue weighted by atomic mass is 9.92. The summed E-state index contributed by atoms with van der Waals surface area (Å²) in [6, 6.07) is 6.10. The average Bonchev–Trinajstić information content (AvgIpc) is 3.56. The molecule has 1 aromatic carbocycles. The lowest BCUT2D eigenvalue weighted by Gasteiger charge is -2.37. The average molecular weight is 405 g/mol. The van der Waals surface area contributed by atoms with Gasteiger partial charge < -0.3 is 5.11 Å². The van der Waals surface area contributed by atoms with Gasteiger partial charge in [0.15, 0.2) is 5.78 Å². The number of Topliss-reactive ketones (excluding diaryl/α,β-unsaturated/α-hetero) is 1. The van der Waals surface area contributed by atoms with E-state index in [9.17, 15) is 14.3 Å². The van der Waals surface area contributed by atoms with E-state index >= 15 is 0 Å². The molecule has 2 heterocycles. The van der Waals surface area contributed by atoms with Crippen molar-refractivity contribution < 1.29 is 14.3 Å². The number of aliphatic hydroxyl groups is 1. The van der Waals surface area contributed by atoms with E-state index in [1.165, 1.54) is 6.07 Å². The highest BCUT2D eigenvalue weighted by Gasteiger charge is 2.40. The van der Waals surface area contributed by atoms with E-state index < -0.39 is 12.1 Å². The first-order valence-corrected chi connectivity index (χ1v) is 11.5. The van der Waals surface area contributed by atoms with Crippen LogP contribution in [0, 0.1) is 11.7 Å². The number of thioether (sulfide) groups is 1. The van der Waals surface area contributed by atoms with Crippen molar-refractivity contribution in [3.8, 4) is 0 Å². The predicted molar refractivity (Wildman–Crippen MR) is 111 cm³/mol. The molecule has 1 N–H and O–H groups in total. The first-order chi connectivity index (χ1) is 13.6. The zero-order chi connectivity index (χ0) is 19.5. The molecule has 4 rings (SSSR count). The van der Waals surface area contributed by atoms with Gasteiger partial charge in [0.25, 0.3) is 0 Å². The van der Waals surface area contributed by atoms with E-state index in [1.807, 2.05) is 11.8 Å². The number of likely N-dealkylation sites (tertiary alicyclic amines) is 1. The van der Waals surface area contributed by atoms with Gasteiger partial charge in [0.2, 0.25) is 0 Å². The van der Waals surface area contributed by atoms with E-state index in [0.717, 1.165) is 49.6 Å². The van der Waals surface area contributed by atoms with Crippen molar-refractivity contribution in [3.05, 3.63) is 47.3 Å². The van der Waals surface area contributed by atoms with Crippen LogP contribution in [0.25, 0.3) is 0 Å². The van der Waals surface area contributed by atoms with Gasteiger partial charge in [-0.3, -0.25) is 14.6 Å². The fraction of sp³-hybridized carbons (Fsp3) is 0.591. The van der Waals surface area contributed by atoms with Crippen LogP contribution >= 0.6 is 11.8 Å². The van der Waals surface area contributed by atoms with Crippen molar-refractivity contribution in [1.29, 1.82) is 0 Å². The summed E-state index contributed by atoms with van der Waals surface area (Å²) in [5, 5.41) is 10.5. The fourth-order valence-electron chi connectivity index (χ4n) is 4.16. The molecular formula is C22H29FN2O2S. The number of carbonyl (C=O) groups excluding carboxylic acids is 1. The second-order valence-corrected chi connectivity index (χ2v) is 9.29. The van der Waals surface area contributed by atoms with Crippen LogP contribution < -0.4 is 0 Å². The number of rotatable bonds is 6. The van der Waals surface area contributed by atoms with E-state index in [2.05, 4.69) is 15.9 Å². The SMILES string of the molecule is O=C(C1CC1)C(c1ccccc1F)N1CCC(O)/C(=C/CN2CCSCC2)C1. The van der Waals surface area contributed by atoms with E-state index in [4.69, 9.17) is 0 Å². The summed E-state index contributed by atoms with van der Waals surface area (Å²) in [7, 11) is 0. The van der Waals surface area contributed by atoms with Gasteiger partial charge in [-0.15, -0.1) is 0 Å². The Hall–Kier alpha value is -1.21. The number of nitrogens with zero attached hydrogens (tertiary/aromatic N) is 2. The third-order valence-electron chi connectivity index (χ3n) is 6.03. The Kier molecular flexibility index (Phi) is 6.51. The highest BCUT2D eigenvalue weighted by atomic mass is 32.2. The van der Waals surface area contributed by atoms with Crippen molar-refractivity contribution in [1.82, 2.24) is 9.80 Å². The molecule has 0 spiro atoms. The number of hydrogen-bond donors (Lipinski definition) is 1. The maximum Gasteiger partial charge on any atom is 0.157 e. The van der Waals surface area contributed by atoms with Crippen LogP contribution in [0.5, 0.6) is 0 Å². The van der Waals surface area contributed by atoms with Gasteiger partial charge >= 0.3 is 0 Å². The van der Waals surface area contributed by atoms with Gasteiger partial charge in [-0.1, -0.05) is 24.3 Å². The van der Waals surface area contributed by atoms with Gasteiger partial charge in [0.1, 0.15) is 5.82 Å². The maximum atomic E-state index is 14.6. The molecule has 2 atom stereocenters. The van der Waals surface area contributed by atoms with Crippen LogP contribution in [0.2, 0.25) is 0 Å². The Morgan fingerprint density at radius 3 is 2.68 bits per heavy atom. The highest BCUT2D eigenvalue weighted by Crippen LogP contribution is 2.39. The zero-order valence-corrected chi connectivity index (χ0v) is 17.0. The van der Waals surface area contributed by atoms with Crippen LogP contribution in [0.3, 0.4) is 0 Å². The molecule has 0 radical (unpaired) electrons. The topological polar surface area (TPSA) is 43.8 Å². The minimum atomic E-state index is -0.545. The highest BCUT2D eigenvalue weighted by molar-refractivity contribution is 7.99. The Balaban J connectivity index is 1.53. The third-order valence-corrected chi connectivity index (χ3v) is 6.98. The summed E-state index contributed by atoms with van der Waals surface area (Å²) in [4.78, 5) is 17.5.